The first kappa shape index (κ1) is 15.0. The molecule has 0 saturated carbocycles. The second-order valence-corrected chi connectivity index (χ2v) is 7.35. The van der Waals surface area contributed by atoms with E-state index < -0.39 is 10.0 Å². The molecule has 5 nitrogen and oxygen atoms in total. The van der Waals surface area contributed by atoms with Crippen LogP contribution in [0.4, 0.5) is 5.69 Å². The molecule has 0 spiro atoms. The molecule has 0 aliphatic heterocycles. The molecule has 3 N–H and O–H groups in total. The number of nitrogens with zero attached hydrogens (tertiary/aromatic N) is 1. The fourth-order valence-corrected chi connectivity index (χ4v) is 4.08. The summed E-state index contributed by atoms with van der Waals surface area (Å²) in [4.78, 5) is 4.47. The smallest absolute Gasteiger partial charge is 0.241 e. The number of nitrogens with one attached hydrogen (secondary N) is 1. The molecule has 1 aromatic carbocycles. The quantitative estimate of drug-likeness (QED) is 0.849. The maximum Gasteiger partial charge on any atom is 0.241 e. The van der Waals surface area contributed by atoms with Gasteiger partial charge in [0.15, 0.2) is 0 Å². The number of benzene rings is 1. The van der Waals surface area contributed by atoms with Crippen LogP contribution in [0, 0.1) is 13.8 Å². The maximum atomic E-state index is 12.3. The number of hydrogen-bond donors (Lipinski definition) is 2. The van der Waals surface area contributed by atoms with Crippen LogP contribution in [-0.4, -0.2) is 13.4 Å². The predicted molar refractivity (Wildman–Crippen MR) is 81.2 cm³/mol. The van der Waals surface area contributed by atoms with Crippen LogP contribution in [0.1, 0.15) is 29.2 Å². The summed E-state index contributed by atoms with van der Waals surface area (Å²) in [6.45, 7) is 5.46. The number of aryl methyl sites for hydroxylation is 2. The van der Waals surface area contributed by atoms with E-state index in [9.17, 15) is 8.42 Å². The Hall–Kier alpha value is -1.44. The van der Waals surface area contributed by atoms with Gasteiger partial charge < -0.3 is 5.73 Å². The number of hydrogen-bond acceptors (Lipinski definition) is 5. The van der Waals surface area contributed by atoms with Crippen molar-refractivity contribution in [2.45, 2.75) is 31.7 Å². The second kappa shape index (κ2) is 5.51. The molecule has 20 heavy (non-hydrogen) atoms. The highest BCUT2D eigenvalue weighted by atomic mass is 32.2. The largest absolute Gasteiger partial charge is 0.399 e. The molecular weight excluding hydrogens is 294 g/mol. The van der Waals surface area contributed by atoms with Crippen molar-refractivity contribution in [1.82, 2.24) is 9.71 Å². The topological polar surface area (TPSA) is 85.1 Å². The first-order valence-corrected chi connectivity index (χ1v) is 8.46. The Balaban J connectivity index is 2.27. The van der Waals surface area contributed by atoms with E-state index in [4.69, 9.17) is 5.73 Å². The number of nitrogens with two attached hydrogens (primary N) is 1. The summed E-state index contributed by atoms with van der Waals surface area (Å²) in [7, 11) is -3.61. The SMILES string of the molecule is Cc1cc(N)cc(S(=O)(=O)NC(C)c2nc(C)cs2)c1. The number of nitrogen functional groups attached to an aromatic ring is 1. The van der Waals surface area contributed by atoms with Crippen molar-refractivity contribution in [2.75, 3.05) is 5.73 Å². The minimum Gasteiger partial charge on any atom is -0.399 e. The lowest BCUT2D eigenvalue weighted by Crippen LogP contribution is -2.27. The van der Waals surface area contributed by atoms with Gasteiger partial charge in [0.2, 0.25) is 10.0 Å². The van der Waals surface area contributed by atoms with E-state index in [0.717, 1.165) is 16.3 Å². The summed E-state index contributed by atoms with van der Waals surface area (Å²) in [6.07, 6.45) is 0. The van der Waals surface area contributed by atoms with Crippen LogP contribution in [-0.2, 0) is 10.0 Å². The van der Waals surface area contributed by atoms with Crippen molar-refractivity contribution in [3.05, 3.63) is 39.8 Å². The zero-order valence-electron chi connectivity index (χ0n) is 11.5. The molecule has 0 fully saturated rings. The molecule has 0 saturated heterocycles. The Morgan fingerprint density at radius 2 is 2.00 bits per heavy atom. The van der Waals surface area contributed by atoms with Crippen molar-refractivity contribution >= 4 is 27.0 Å². The molecule has 1 unspecified atom stereocenters. The summed E-state index contributed by atoms with van der Waals surface area (Å²) in [5, 5.41) is 2.64. The van der Waals surface area contributed by atoms with E-state index in [1.807, 2.05) is 19.2 Å². The Morgan fingerprint density at radius 1 is 1.30 bits per heavy atom. The molecule has 1 aromatic heterocycles. The van der Waals surface area contributed by atoms with Crippen LogP contribution in [0.2, 0.25) is 0 Å². The highest BCUT2D eigenvalue weighted by Crippen LogP contribution is 2.22. The van der Waals surface area contributed by atoms with Gasteiger partial charge in [-0.2, -0.15) is 0 Å². The van der Waals surface area contributed by atoms with Crippen LogP contribution < -0.4 is 10.5 Å². The minimum atomic E-state index is -3.61. The lowest BCUT2D eigenvalue weighted by molar-refractivity contribution is 0.566. The number of sulfonamides is 1. The Bertz CT molecular complexity index is 703. The highest BCUT2D eigenvalue weighted by molar-refractivity contribution is 7.89. The lowest BCUT2D eigenvalue weighted by atomic mass is 10.2. The molecule has 7 heteroatoms. The number of aromatic nitrogens is 1. The zero-order valence-corrected chi connectivity index (χ0v) is 13.2. The second-order valence-electron chi connectivity index (χ2n) is 4.75. The molecule has 0 radical (unpaired) electrons. The molecule has 0 bridgehead atoms. The van der Waals surface area contributed by atoms with E-state index in [0.29, 0.717) is 5.69 Å². The van der Waals surface area contributed by atoms with Gasteiger partial charge in [-0.05, 0) is 44.5 Å². The molecular formula is C13H17N3O2S2. The van der Waals surface area contributed by atoms with Crippen molar-refractivity contribution < 1.29 is 8.42 Å². The van der Waals surface area contributed by atoms with Crippen molar-refractivity contribution in [2.24, 2.45) is 0 Å². The molecule has 108 valence electrons. The first-order valence-electron chi connectivity index (χ1n) is 6.09. The third-order valence-electron chi connectivity index (χ3n) is 2.72. The summed E-state index contributed by atoms with van der Waals surface area (Å²) >= 11 is 1.44. The van der Waals surface area contributed by atoms with Gasteiger partial charge in [-0.3, -0.25) is 0 Å². The Kier molecular flexibility index (Phi) is 4.12. The number of rotatable bonds is 4. The third-order valence-corrected chi connectivity index (χ3v) is 5.39. The molecule has 0 aliphatic carbocycles. The van der Waals surface area contributed by atoms with E-state index in [1.165, 1.54) is 17.4 Å². The first-order chi connectivity index (χ1) is 9.28. The standard InChI is InChI=1S/C13H17N3O2S2/c1-8-4-11(14)6-12(5-8)20(17,18)16-10(3)13-15-9(2)7-19-13/h4-7,10,16H,14H2,1-3H3. The average Bonchev–Trinajstić information content (AvgIpc) is 2.74. The van der Waals surface area contributed by atoms with E-state index in [1.54, 1.807) is 19.1 Å². The molecule has 1 atom stereocenters. The summed E-state index contributed by atoms with van der Waals surface area (Å²) in [5.41, 5.74) is 7.83. The van der Waals surface area contributed by atoms with Crippen LogP contribution in [0.5, 0.6) is 0 Å². The minimum absolute atomic E-state index is 0.176. The number of anilines is 1. The Labute approximate surface area is 122 Å². The van der Waals surface area contributed by atoms with Gasteiger partial charge in [0.05, 0.1) is 10.9 Å². The van der Waals surface area contributed by atoms with Gasteiger partial charge in [0, 0.05) is 16.8 Å². The van der Waals surface area contributed by atoms with E-state index >= 15 is 0 Å². The van der Waals surface area contributed by atoms with Crippen molar-refractivity contribution in [3.8, 4) is 0 Å². The van der Waals surface area contributed by atoms with E-state index in [2.05, 4.69) is 9.71 Å². The van der Waals surface area contributed by atoms with Crippen LogP contribution >= 0.6 is 11.3 Å². The highest BCUT2D eigenvalue weighted by Gasteiger charge is 2.20. The lowest BCUT2D eigenvalue weighted by Gasteiger charge is -2.13. The van der Waals surface area contributed by atoms with E-state index in [-0.39, 0.29) is 10.9 Å². The Morgan fingerprint density at radius 3 is 2.55 bits per heavy atom. The van der Waals surface area contributed by atoms with Crippen LogP contribution in [0.15, 0.2) is 28.5 Å². The summed E-state index contributed by atoms with van der Waals surface area (Å²) < 4.78 is 27.3. The summed E-state index contributed by atoms with van der Waals surface area (Å²) in [6, 6.07) is 4.40. The van der Waals surface area contributed by atoms with Gasteiger partial charge in [-0.1, -0.05) is 0 Å². The third kappa shape index (κ3) is 3.36. The number of thiazole rings is 1. The molecule has 2 aromatic rings. The van der Waals surface area contributed by atoms with Crippen LogP contribution in [0.3, 0.4) is 0 Å². The molecule has 1 heterocycles. The molecule has 0 aliphatic rings. The molecule has 0 amide bonds. The summed E-state index contributed by atoms with van der Waals surface area (Å²) in [5.74, 6) is 0. The average molecular weight is 311 g/mol. The van der Waals surface area contributed by atoms with Gasteiger partial charge in [0.25, 0.3) is 0 Å². The van der Waals surface area contributed by atoms with Crippen molar-refractivity contribution in [1.29, 1.82) is 0 Å². The van der Waals surface area contributed by atoms with Gasteiger partial charge in [-0.25, -0.2) is 18.1 Å². The molecule has 2 rings (SSSR count). The van der Waals surface area contributed by atoms with Crippen LogP contribution in [0.25, 0.3) is 0 Å². The fraction of sp³-hybridized carbons (Fsp3) is 0.308. The van der Waals surface area contributed by atoms with Gasteiger partial charge in [0.1, 0.15) is 5.01 Å². The monoisotopic (exact) mass is 311 g/mol. The normalized spacial score (nSPS) is 13.3. The predicted octanol–water partition coefficient (Wildman–Crippen LogP) is 2.38. The van der Waals surface area contributed by atoms with Gasteiger partial charge >= 0.3 is 0 Å². The van der Waals surface area contributed by atoms with Crippen molar-refractivity contribution in [3.63, 3.8) is 0 Å². The maximum absolute atomic E-state index is 12.3. The zero-order chi connectivity index (χ0) is 14.9. The fourth-order valence-electron chi connectivity index (χ4n) is 1.85. The van der Waals surface area contributed by atoms with Gasteiger partial charge in [-0.15, -0.1) is 11.3 Å².